The van der Waals surface area contributed by atoms with E-state index >= 15 is 0 Å². The van der Waals surface area contributed by atoms with Crippen LogP contribution < -0.4 is 0 Å². The Morgan fingerprint density at radius 2 is 1.71 bits per heavy atom. The molecule has 4 nitrogen and oxygen atoms in total. The summed E-state index contributed by atoms with van der Waals surface area (Å²) >= 11 is 0. The number of carbonyl (C=O) groups excluding carboxylic acids is 1. The van der Waals surface area contributed by atoms with Gasteiger partial charge < -0.3 is 9.94 Å². The van der Waals surface area contributed by atoms with Crippen LogP contribution in [0.4, 0.5) is 0 Å². The van der Waals surface area contributed by atoms with E-state index in [0.717, 1.165) is 11.1 Å². The number of benzene rings is 2. The van der Waals surface area contributed by atoms with E-state index < -0.39 is 0 Å². The predicted molar refractivity (Wildman–Crippen MR) is 80.9 cm³/mol. The van der Waals surface area contributed by atoms with Crippen molar-refractivity contribution in [3.05, 3.63) is 71.3 Å². The zero-order valence-electron chi connectivity index (χ0n) is 11.8. The van der Waals surface area contributed by atoms with Crippen LogP contribution in [0.2, 0.25) is 0 Å². The molecule has 0 bridgehead atoms. The van der Waals surface area contributed by atoms with E-state index in [1.54, 1.807) is 31.2 Å². The minimum Gasteiger partial charge on any atom is -0.462 e. The van der Waals surface area contributed by atoms with Crippen molar-refractivity contribution >= 4 is 11.7 Å². The molecular formula is C17H17NO3. The molecule has 0 aliphatic carbocycles. The molecule has 0 aromatic heterocycles. The van der Waals surface area contributed by atoms with Crippen LogP contribution in [-0.4, -0.2) is 23.5 Å². The van der Waals surface area contributed by atoms with Gasteiger partial charge in [0.2, 0.25) is 0 Å². The topological polar surface area (TPSA) is 58.9 Å². The van der Waals surface area contributed by atoms with Crippen molar-refractivity contribution in [1.29, 1.82) is 0 Å². The maximum absolute atomic E-state index is 11.8. The lowest BCUT2D eigenvalue weighted by atomic mass is 10.1. The first-order chi connectivity index (χ1) is 10.2. The number of carbonyl (C=O) groups is 1. The fraction of sp³-hybridized carbons (Fsp3) is 0.176. The Hall–Kier alpha value is -2.62. The Kier molecular flexibility index (Phi) is 5.10. The molecule has 4 heteroatoms. The van der Waals surface area contributed by atoms with Crippen LogP contribution in [0, 0.1) is 0 Å². The molecule has 2 rings (SSSR count). The zero-order valence-corrected chi connectivity index (χ0v) is 11.8. The van der Waals surface area contributed by atoms with Gasteiger partial charge in [-0.05, 0) is 30.2 Å². The molecule has 1 N–H and O–H groups in total. The highest BCUT2D eigenvalue weighted by molar-refractivity contribution is 5.98. The van der Waals surface area contributed by atoms with Crippen LogP contribution in [0.5, 0.6) is 0 Å². The van der Waals surface area contributed by atoms with Crippen LogP contribution in [0.25, 0.3) is 0 Å². The first-order valence-electron chi connectivity index (χ1n) is 6.71. The maximum atomic E-state index is 11.8. The standard InChI is InChI=1S/C17H17NO3/c1-13(18-20)15-9-7-14(8-10-15)11-12-21-17(19)16-5-3-2-4-6-16/h2-10,20H,11-12H2,1H3/b18-13+. The van der Waals surface area contributed by atoms with Crippen LogP contribution in [0.15, 0.2) is 59.8 Å². The summed E-state index contributed by atoms with van der Waals surface area (Å²) < 4.78 is 5.23. The fourth-order valence-electron chi connectivity index (χ4n) is 1.89. The van der Waals surface area contributed by atoms with Crippen LogP contribution in [-0.2, 0) is 11.2 Å². The summed E-state index contributed by atoms with van der Waals surface area (Å²) in [5, 5.41) is 11.9. The number of hydrogen-bond donors (Lipinski definition) is 1. The van der Waals surface area contributed by atoms with Crippen LogP contribution in [0.1, 0.15) is 28.4 Å². The maximum Gasteiger partial charge on any atom is 0.338 e. The molecule has 0 unspecified atom stereocenters. The number of nitrogens with zero attached hydrogens (tertiary/aromatic N) is 1. The highest BCUT2D eigenvalue weighted by Crippen LogP contribution is 2.07. The molecule has 0 saturated carbocycles. The summed E-state index contributed by atoms with van der Waals surface area (Å²) in [7, 11) is 0. The number of ether oxygens (including phenoxy) is 1. The minimum atomic E-state index is -0.310. The third-order valence-corrected chi connectivity index (χ3v) is 3.16. The predicted octanol–water partition coefficient (Wildman–Crippen LogP) is 3.28. The first kappa shape index (κ1) is 14.8. The van der Waals surface area contributed by atoms with Gasteiger partial charge in [0.15, 0.2) is 0 Å². The van der Waals surface area contributed by atoms with E-state index in [4.69, 9.17) is 9.94 Å². The lowest BCUT2D eigenvalue weighted by Gasteiger charge is -2.06. The smallest absolute Gasteiger partial charge is 0.338 e. The summed E-state index contributed by atoms with van der Waals surface area (Å²) in [6.45, 7) is 2.07. The molecule has 0 aliphatic rings. The molecule has 0 amide bonds. The van der Waals surface area contributed by atoms with Gasteiger partial charge in [-0.3, -0.25) is 0 Å². The van der Waals surface area contributed by atoms with Gasteiger partial charge in [-0.2, -0.15) is 0 Å². The summed E-state index contributed by atoms with van der Waals surface area (Å²) in [5.74, 6) is -0.310. The molecule has 0 aliphatic heterocycles. The Morgan fingerprint density at radius 3 is 2.33 bits per heavy atom. The van der Waals surface area contributed by atoms with Gasteiger partial charge in [-0.15, -0.1) is 0 Å². The summed E-state index contributed by atoms with van der Waals surface area (Å²) in [5.41, 5.74) is 3.05. The van der Waals surface area contributed by atoms with E-state index in [0.29, 0.717) is 24.3 Å². The molecule has 21 heavy (non-hydrogen) atoms. The zero-order chi connectivity index (χ0) is 15.1. The van der Waals surface area contributed by atoms with Crippen molar-refractivity contribution in [2.45, 2.75) is 13.3 Å². The van der Waals surface area contributed by atoms with Gasteiger partial charge in [0, 0.05) is 6.42 Å². The van der Waals surface area contributed by atoms with E-state index in [2.05, 4.69) is 5.16 Å². The van der Waals surface area contributed by atoms with Crippen molar-refractivity contribution in [2.24, 2.45) is 5.16 Å². The van der Waals surface area contributed by atoms with Crippen molar-refractivity contribution < 1.29 is 14.7 Å². The number of esters is 1. The van der Waals surface area contributed by atoms with Crippen LogP contribution in [0.3, 0.4) is 0 Å². The number of rotatable bonds is 5. The lowest BCUT2D eigenvalue weighted by Crippen LogP contribution is -2.08. The van der Waals surface area contributed by atoms with E-state index in [1.165, 1.54) is 0 Å². The summed E-state index contributed by atoms with van der Waals surface area (Å²) in [4.78, 5) is 11.8. The quantitative estimate of drug-likeness (QED) is 0.396. The molecule has 0 fully saturated rings. The van der Waals surface area contributed by atoms with Gasteiger partial charge in [0.05, 0.1) is 17.9 Å². The average molecular weight is 283 g/mol. The SMILES string of the molecule is C/C(=N\O)c1ccc(CCOC(=O)c2ccccc2)cc1. The van der Waals surface area contributed by atoms with Gasteiger partial charge in [-0.1, -0.05) is 47.6 Å². The van der Waals surface area contributed by atoms with E-state index in [1.807, 2.05) is 30.3 Å². The summed E-state index contributed by atoms with van der Waals surface area (Å²) in [6, 6.07) is 16.5. The Balaban J connectivity index is 1.85. The average Bonchev–Trinajstić information content (AvgIpc) is 2.55. The second-order valence-electron chi connectivity index (χ2n) is 4.63. The second kappa shape index (κ2) is 7.24. The molecule has 0 atom stereocenters. The molecule has 2 aromatic carbocycles. The monoisotopic (exact) mass is 283 g/mol. The third kappa shape index (κ3) is 4.18. The van der Waals surface area contributed by atoms with Crippen molar-refractivity contribution in [3.8, 4) is 0 Å². The van der Waals surface area contributed by atoms with Crippen molar-refractivity contribution in [1.82, 2.24) is 0 Å². The molecule has 0 heterocycles. The normalized spacial score (nSPS) is 11.2. The largest absolute Gasteiger partial charge is 0.462 e. The highest BCUT2D eigenvalue weighted by atomic mass is 16.5. The van der Waals surface area contributed by atoms with Crippen molar-refractivity contribution in [3.63, 3.8) is 0 Å². The third-order valence-electron chi connectivity index (χ3n) is 3.16. The van der Waals surface area contributed by atoms with E-state index in [9.17, 15) is 4.79 Å². The van der Waals surface area contributed by atoms with Gasteiger partial charge in [0.1, 0.15) is 0 Å². The minimum absolute atomic E-state index is 0.310. The molecule has 0 radical (unpaired) electrons. The first-order valence-corrected chi connectivity index (χ1v) is 6.71. The van der Waals surface area contributed by atoms with Crippen LogP contribution >= 0.6 is 0 Å². The molecule has 108 valence electrons. The highest BCUT2D eigenvalue weighted by Gasteiger charge is 2.05. The molecule has 0 spiro atoms. The Labute approximate surface area is 123 Å². The number of hydrogen-bond acceptors (Lipinski definition) is 4. The molecule has 0 saturated heterocycles. The molecular weight excluding hydrogens is 266 g/mol. The fourth-order valence-corrected chi connectivity index (χ4v) is 1.89. The van der Waals surface area contributed by atoms with Gasteiger partial charge >= 0.3 is 5.97 Å². The summed E-state index contributed by atoms with van der Waals surface area (Å²) in [6.07, 6.45) is 0.647. The Morgan fingerprint density at radius 1 is 1.05 bits per heavy atom. The van der Waals surface area contributed by atoms with Gasteiger partial charge in [0.25, 0.3) is 0 Å². The number of oxime groups is 1. The Bertz CT molecular complexity index is 618. The second-order valence-corrected chi connectivity index (χ2v) is 4.63. The van der Waals surface area contributed by atoms with Crippen molar-refractivity contribution in [2.75, 3.05) is 6.61 Å². The molecule has 2 aromatic rings. The lowest BCUT2D eigenvalue weighted by molar-refractivity contribution is 0.0509. The van der Waals surface area contributed by atoms with Gasteiger partial charge in [-0.25, -0.2) is 4.79 Å². The van der Waals surface area contributed by atoms with E-state index in [-0.39, 0.29) is 5.97 Å².